The van der Waals surface area contributed by atoms with E-state index in [2.05, 4.69) is 12.2 Å². The molecule has 1 heteroatoms. The Labute approximate surface area is 78.9 Å². The second kappa shape index (κ2) is 13.5. The Morgan fingerprint density at radius 2 is 1.42 bits per heavy atom. The predicted octanol–water partition coefficient (Wildman–Crippen LogP) is 3.45. The van der Waals surface area contributed by atoms with E-state index in [-0.39, 0.29) is 0 Å². The first kappa shape index (κ1) is 14.5. The van der Waals surface area contributed by atoms with Crippen molar-refractivity contribution in [2.75, 3.05) is 13.1 Å². The Hall–Kier alpha value is -0.0400. The van der Waals surface area contributed by atoms with E-state index in [0.29, 0.717) is 0 Å². The van der Waals surface area contributed by atoms with Gasteiger partial charge in [-0.05, 0) is 31.8 Å². The quantitative estimate of drug-likeness (QED) is 0.640. The minimum Gasteiger partial charge on any atom is -0.317 e. The Kier molecular flexibility index (Phi) is 16.3. The lowest BCUT2D eigenvalue weighted by atomic mass is 9.96. The van der Waals surface area contributed by atoms with Crippen LogP contribution in [0.1, 0.15) is 53.9 Å². The topological polar surface area (TPSA) is 12.0 Å². The molecule has 0 aromatic rings. The molecule has 76 valence electrons. The Morgan fingerprint density at radius 1 is 1.00 bits per heavy atom. The van der Waals surface area contributed by atoms with Crippen LogP contribution in [0.15, 0.2) is 0 Å². The van der Waals surface area contributed by atoms with Gasteiger partial charge in [-0.25, -0.2) is 0 Å². The van der Waals surface area contributed by atoms with Crippen LogP contribution in [0.2, 0.25) is 0 Å². The molecule has 0 saturated carbocycles. The molecule has 1 aliphatic rings. The van der Waals surface area contributed by atoms with E-state index in [9.17, 15) is 0 Å². The molecule has 0 spiro atoms. The summed E-state index contributed by atoms with van der Waals surface area (Å²) in [5.74, 6) is 1.02. The molecule has 1 rings (SSSR count). The highest BCUT2D eigenvalue weighted by molar-refractivity contribution is 4.66. The van der Waals surface area contributed by atoms with E-state index < -0.39 is 0 Å². The smallest absolute Gasteiger partial charge is 0.00463 e. The highest BCUT2D eigenvalue weighted by atomic mass is 14.9. The summed E-state index contributed by atoms with van der Waals surface area (Å²) in [6.45, 7) is 12.8. The van der Waals surface area contributed by atoms with Crippen molar-refractivity contribution >= 4 is 0 Å². The molecule has 1 nitrogen and oxygen atoms in total. The minimum atomic E-state index is 1.02. The molecule has 1 aliphatic heterocycles. The van der Waals surface area contributed by atoms with Gasteiger partial charge in [0.15, 0.2) is 0 Å². The first-order valence-corrected chi connectivity index (χ1v) is 5.64. The molecule has 1 saturated heterocycles. The van der Waals surface area contributed by atoms with Gasteiger partial charge in [-0.3, -0.25) is 0 Å². The number of rotatable bonds is 1. The average molecular weight is 173 g/mol. The summed E-state index contributed by atoms with van der Waals surface area (Å²) < 4.78 is 0. The van der Waals surface area contributed by atoms with Crippen molar-refractivity contribution in [2.24, 2.45) is 5.92 Å². The second-order valence-corrected chi connectivity index (χ2v) is 2.60. The van der Waals surface area contributed by atoms with Gasteiger partial charge in [0, 0.05) is 0 Å². The van der Waals surface area contributed by atoms with Crippen molar-refractivity contribution in [3.8, 4) is 0 Å². The van der Waals surface area contributed by atoms with Gasteiger partial charge in [0.1, 0.15) is 0 Å². The molecule has 0 aromatic heterocycles. The van der Waals surface area contributed by atoms with Crippen LogP contribution in [0.4, 0.5) is 0 Å². The van der Waals surface area contributed by atoms with Crippen molar-refractivity contribution in [3.05, 3.63) is 0 Å². The molecule has 0 radical (unpaired) electrons. The van der Waals surface area contributed by atoms with E-state index in [1.807, 2.05) is 27.7 Å². The fourth-order valence-corrected chi connectivity index (χ4v) is 1.29. The highest BCUT2D eigenvalue weighted by Gasteiger charge is 2.08. The standard InChI is InChI=1S/C7H15N.2C2H6/c1-2-7-3-5-8-6-4-7;2*1-2/h7-8H,2-6H2,1H3;2*1-2H3. The fourth-order valence-electron chi connectivity index (χ4n) is 1.29. The third-order valence-electron chi connectivity index (χ3n) is 2.04. The van der Waals surface area contributed by atoms with Crippen LogP contribution < -0.4 is 5.32 Å². The maximum absolute atomic E-state index is 3.35. The number of piperidine rings is 1. The normalized spacial score (nSPS) is 16.8. The third-order valence-corrected chi connectivity index (χ3v) is 2.04. The first-order chi connectivity index (χ1) is 5.93. The summed E-state index contributed by atoms with van der Waals surface area (Å²) >= 11 is 0. The molecule has 0 aromatic carbocycles. The maximum atomic E-state index is 3.35. The zero-order valence-corrected chi connectivity index (χ0v) is 9.61. The van der Waals surface area contributed by atoms with Crippen LogP contribution in [0.3, 0.4) is 0 Å². The molecule has 1 fully saturated rings. The predicted molar refractivity (Wildman–Crippen MR) is 58.6 cm³/mol. The van der Waals surface area contributed by atoms with Crippen molar-refractivity contribution < 1.29 is 0 Å². The third kappa shape index (κ3) is 8.06. The van der Waals surface area contributed by atoms with Gasteiger partial charge in [0.05, 0.1) is 0 Å². The van der Waals surface area contributed by atoms with Gasteiger partial charge in [-0.1, -0.05) is 41.0 Å². The number of hydrogen-bond donors (Lipinski definition) is 1. The molecule has 0 unspecified atom stereocenters. The lowest BCUT2D eigenvalue weighted by Gasteiger charge is -2.20. The van der Waals surface area contributed by atoms with Gasteiger partial charge >= 0.3 is 0 Å². The lowest BCUT2D eigenvalue weighted by molar-refractivity contribution is 0.365. The highest BCUT2D eigenvalue weighted by Crippen LogP contribution is 2.13. The van der Waals surface area contributed by atoms with E-state index in [4.69, 9.17) is 0 Å². The van der Waals surface area contributed by atoms with E-state index in [1.165, 1.54) is 32.4 Å². The summed E-state index contributed by atoms with van der Waals surface area (Å²) in [7, 11) is 0. The van der Waals surface area contributed by atoms with Crippen LogP contribution in [0, 0.1) is 5.92 Å². The molecular weight excluding hydrogens is 146 g/mol. The Bertz CT molecular complexity index is 56.0. The molecular formula is C11H27N. The SMILES string of the molecule is CC.CC.CCC1CCNCC1. The number of nitrogens with one attached hydrogen (secondary N) is 1. The molecule has 0 aliphatic carbocycles. The Balaban J connectivity index is 0. The van der Waals surface area contributed by atoms with Crippen molar-refractivity contribution in [1.29, 1.82) is 0 Å². The molecule has 0 bridgehead atoms. The maximum Gasteiger partial charge on any atom is -0.00463 e. The number of hydrogen-bond acceptors (Lipinski definition) is 1. The molecule has 0 atom stereocenters. The monoisotopic (exact) mass is 173 g/mol. The Morgan fingerprint density at radius 3 is 1.67 bits per heavy atom. The second-order valence-electron chi connectivity index (χ2n) is 2.60. The van der Waals surface area contributed by atoms with Gasteiger partial charge in [-0.2, -0.15) is 0 Å². The van der Waals surface area contributed by atoms with Crippen molar-refractivity contribution in [1.82, 2.24) is 5.32 Å². The van der Waals surface area contributed by atoms with E-state index >= 15 is 0 Å². The van der Waals surface area contributed by atoms with Gasteiger partial charge in [-0.15, -0.1) is 0 Å². The first-order valence-electron chi connectivity index (χ1n) is 5.64. The molecule has 1 N–H and O–H groups in total. The fraction of sp³-hybridized carbons (Fsp3) is 1.00. The average Bonchev–Trinajstić information content (AvgIpc) is 2.25. The summed E-state index contributed by atoms with van der Waals surface area (Å²) in [6, 6.07) is 0. The summed E-state index contributed by atoms with van der Waals surface area (Å²) in [5.41, 5.74) is 0. The lowest BCUT2D eigenvalue weighted by Crippen LogP contribution is -2.27. The van der Waals surface area contributed by atoms with Crippen LogP contribution in [-0.4, -0.2) is 13.1 Å². The minimum absolute atomic E-state index is 1.02. The summed E-state index contributed by atoms with van der Waals surface area (Å²) in [6.07, 6.45) is 4.18. The molecule has 12 heavy (non-hydrogen) atoms. The summed E-state index contributed by atoms with van der Waals surface area (Å²) in [4.78, 5) is 0. The largest absolute Gasteiger partial charge is 0.317 e. The van der Waals surface area contributed by atoms with Crippen molar-refractivity contribution in [2.45, 2.75) is 53.9 Å². The molecule has 1 heterocycles. The molecule has 0 amide bonds. The van der Waals surface area contributed by atoms with Crippen molar-refractivity contribution in [3.63, 3.8) is 0 Å². The van der Waals surface area contributed by atoms with Crippen LogP contribution in [-0.2, 0) is 0 Å². The van der Waals surface area contributed by atoms with Gasteiger partial charge in [0.25, 0.3) is 0 Å². The van der Waals surface area contributed by atoms with E-state index in [1.54, 1.807) is 0 Å². The van der Waals surface area contributed by atoms with Gasteiger partial charge < -0.3 is 5.32 Å². The zero-order chi connectivity index (χ0) is 9.82. The van der Waals surface area contributed by atoms with Crippen LogP contribution >= 0.6 is 0 Å². The van der Waals surface area contributed by atoms with Crippen LogP contribution in [0.25, 0.3) is 0 Å². The zero-order valence-electron chi connectivity index (χ0n) is 9.61. The summed E-state index contributed by atoms with van der Waals surface area (Å²) in [5, 5.41) is 3.35. The van der Waals surface area contributed by atoms with Gasteiger partial charge in [0.2, 0.25) is 0 Å². The van der Waals surface area contributed by atoms with Crippen LogP contribution in [0.5, 0.6) is 0 Å². The van der Waals surface area contributed by atoms with E-state index in [0.717, 1.165) is 5.92 Å².